The predicted molar refractivity (Wildman–Crippen MR) is 129 cm³/mol. The second kappa shape index (κ2) is 11.2. The number of nitrogens with two attached hydrogens (primary N) is 1. The van der Waals surface area contributed by atoms with Crippen LogP contribution < -0.4 is 10.6 Å². The minimum atomic E-state index is -3.72. The Morgan fingerprint density at radius 1 is 1.18 bits per heavy atom. The van der Waals surface area contributed by atoms with E-state index in [2.05, 4.69) is 9.88 Å². The van der Waals surface area contributed by atoms with Crippen LogP contribution in [0.2, 0.25) is 0 Å². The summed E-state index contributed by atoms with van der Waals surface area (Å²) in [7, 11) is -1.75. The van der Waals surface area contributed by atoms with Crippen molar-refractivity contribution >= 4 is 38.3 Å². The number of likely N-dealkylation sites (N-methyl/N-ethyl adjacent to an activating group) is 1. The molecule has 180 valence electrons. The fourth-order valence-electron chi connectivity index (χ4n) is 3.89. The number of hydrogen-bond acceptors (Lipinski definition) is 7. The smallest absolute Gasteiger partial charge is 0.240 e. The van der Waals surface area contributed by atoms with Crippen LogP contribution in [-0.2, 0) is 26.0 Å². The number of hydrogen-bond donors (Lipinski definition) is 1. The van der Waals surface area contributed by atoms with Gasteiger partial charge in [-0.05, 0) is 38.9 Å². The Labute approximate surface area is 199 Å². The van der Waals surface area contributed by atoms with Crippen molar-refractivity contribution in [1.29, 1.82) is 0 Å². The topological polar surface area (TPSA) is 117 Å². The van der Waals surface area contributed by atoms with Gasteiger partial charge in [-0.15, -0.1) is 11.3 Å². The van der Waals surface area contributed by atoms with Crippen molar-refractivity contribution in [1.82, 2.24) is 14.2 Å². The third kappa shape index (κ3) is 6.59. The number of thiazole rings is 1. The molecule has 2 unspecified atom stereocenters. The van der Waals surface area contributed by atoms with Crippen molar-refractivity contribution in [3.05, 3.63) is 47.5 Å². The van der Waals surface area contributed by atoms with Crippen LogP contribution in [0, 0.1) is 5.92 Å². The molecule has 2 atom stereocenters. The molecule has 2 heterocycles. The van der Waals surface area contributed by atoms with Gasteiger partial charge < -0.3 is 10.6 Å². The Kier molecular flexibility index (Phi) is 8.57. The summed E-state index contributed by atoms with van der Waals surface area (Å²) in [4.78, 5) is 33.3. The molecule has 1 aliphatic rings. The summed E-state index contributed by atoms with van der Waals surface area (Å²) >= 11 is 1.20. The second-order valence-corrected chi connectivity index (χ2v) is 11.2. The van der Waals surface area contributed by atoms with Crippen LogP contribution in [-0.4, -0.2) is 79.4 Å². The number of sulfonamides is 1. The van der Waals surface area contributed by atoms with Crippen molar-refractivity contribution in [2.75, 3.05) is 43.9 Å². The van der Waals surface area contributed by atoms with Crippen LogP contribution in [0.3, 0.4) is 0 Å². The summed E-state index contributed by atoms with van der Waals surface area (Å²) in [6.07, 6.45) is 2.49. The first-order valence-corrected chi connectivity index (χ1v) is 13.4. The summed E-state index contributed by atoms with van der Waals surface area (Å²) in [5.41, 5.74) is 6.36. The van der Waals surface area contributed by atoms with Gasteiger partial charge in [-0.2, -0.15) is 0 Å². The van der Waals surface area contributed by atoms with E-state index in [1.165, 1.54) is 33.7 Å². The standard InChI is InChI=1S/C22H31N5O4S2/c1-17(20(23)28)27(22-24-9-14-32-22)21(29)19(15-18-7-4-3-5-8-18)16-33(30,31)26-11-6-10-25(2)12-13-26/h3-5,7-9,14,17,19H,6,10-13,15-16H2,1-2H3,(H2,23,28). The van der Waals surface area contributed by atoms with Gasteiger partial charge in [0.2, 0.25) is 21.8 Å². The van der Waals surface area contributed by atoms with E-state index in [1.807, 2.05) is 37.4 Å². The van der Waals surface area contributed by atoms with Gasteiger partial charge in [0.05, 0.1) is 11.7 Å². The highest BCUT2D eigenvalue weighted by atomic mass is 32.2. The quantitative estimate of drug-likeness (QED) is 0.561. The van der Waals surface area contributed by atoms with Crippen molar-refractivity contribution in [2.24, 2.45) is 11.7 Å². The van der Waals surface area contributed by atoms with Gasteiger partial charge in [0, 0.05) is 31.2 Å². The van der Waals surface area contributed by atoms with E-state index in [0.717, 1.165) is 18.5 Å². The molecule has 1 aromatic carbocycles. The minimum absolute atomic E-state index is 0.222. The molecule has 0 aliphatic carbocycles. The van der Waals surface area contributed by atoms with E-state index in [9.17, 15) is 18.0 Å². The molecule has 1 saturated heterocycles. The van der Waals surface area contributed by atoms with Crippen LogP contribution in [0.5, 0.6) is 0 Å². The van der Waals surface area contributed by atoms with Gasteiger partial charge >= 0.3 is 0 Å². The summed E-state index contributed by atoms with van der Waals surface area (Å²) < 4.78 is 28.3. The number of benzene rings is 1. The zero-order valence-corrected chi connectivity index (χ0v) is 20.6. The maximum absolute atomic E-state index is 13.8. The van der Waals surface area contributed by atoms with Crippen molar-refractivity contribution in [2.45, 2.75) is 25.8 Å². The highest BCUT2D eigenvalue weighted by Gasteiger charge is 2.37. The molecular formula is C22H31N5O4S2. The monoisotopic (exact) mass is 493 g/mol. The molecule has 11 heteroatoms. The number of aromatic nitrogens is 1. The molecule has 1 fully saturated rings. The number of anilines is 1. The zero-order valence-electron chi connectivity index (χ0n) is 19.0. The minimum Gasteiger partial charge on any atom is -0.368 e. The molecule has 0 spiro atoms. The zero-order chi connectivity index (χ0) is 24.0. The maximum atomic E-state index is 13.8. The average molecular weight is 494 g/mol. The molecule has 3 rings (SSSR count). The lowest BCUT2D eigenvalue weighted by molar-refractivity contribution is -0.126. The van der Waals surface area contributed by atoms with Gasteiger partial charge in [0.15, 0.2) is 5.13 Å². The largest absolute Gasteiger partial charge is 0.368 e. The van der Waals surface area contributed by atoms with E-state index in [0.29, 0.717) is 24.8 Å². The Balaban J connectivity index is 1.92. The molecule has 2 aromatic rings. The van der Waals surface area contributed by atoms with Gasteiger partial charge in [0.25, 0.3) is 0 Å². The maximum Gasteiger partial charge on any atom is 0.240 e. The van der Waals surface area contributed by atoms with Crippen LogP contribution >= 0.6 is 11.3 Å². The van der Waals surface area contributed by atoms with Gasteiger partial charge in [-0.1, -0.05) is 30.3 Å². The van der Waals surface area contributed by atoms with Crippen LogP contribution in [0.15, 0.2) is 41.9 Å². The predicted octanol–water partition coefficient (Wildman–Crippen LogP) is 1.18. The highest BCUT2D eigenvalue weighted by molar-refractivity contribution is 7.89. The second-order valence-electron chi connectivity index (χ2n) is 8.32. The Bertz CT molecular complexity index is 1030. The Morgan fingerprint density at radius 2 is 1.91 bits per heavy atom. The molecule has 1 aliphatic heterocycles. The first-order chi connectivity index (χ1) is 15.7. The van der Waals surface area contributed by atoms with Gasteiger partial charge in [0.1, 0.15) is 6.04 Å². The van der Waals surface area contributed by atoms with Gasteiger partial charge in [-0.3, -0.25) is 14.5 Å². The number of carbonyl (C=O) groups is 2. The van der Waals surface area contributed by atoms with Crippen molar-refractivity contribution < 1.29 is 18.0 Å². The van der Waals surface area contributed by atoms with E-state index >= 15 is 0 Å². The number of amides is 2. The molecule has 2 amide bonds. The summed E-state index contributed by atoms with van der Waals surface area (Å²) in [5, 5.41) is 2.01. The highest BCUT2D eigenvalue weighted by Crippen LogP contribution is 2.25. The first kappa shape index (κ1) is 25.3. The molecule has 9 nitrogen and oxygen atoms in total. The lowest BCUT2D eigenvalue weighted by Crippen LogP contribution is -2.51. The third-order valence-corrected chi connectivity index (χ3v) is 8.57. The average Bonchev–Trinajstić information content (AvgIpc) is 3.20. The Hall–Kier alpha value is -2.34. The molecule has 0 saturated carbocycles. The van der Waals surface area contributed by atoms with E-state index < -0.39 is 33.8 Å². The lowest BCUT2D eigenvalue weighted by atomic mass is 9.99. The fraction of sp³-hybridized carbons (Fsp3) is 0.500. The van der Waals surface area contributed by atoms with E-state index in [-0.39, 0.29) is 12.2 Å². The molecule has 0 radical (unpaired) electrons. The summed E-state index contributed by atoms with van der Waals surface area (Å²) in [6, 6.07) is 8.32. The molecule has 2 N–H and O–H groups in total. The number of nitrogens with zero attached hydrogens (tertiary/aromatic N) is 4. The number of carbonyl (C=O) groups excluding carboxylic acids is 2. The Morgan fingerprint density at radius 3 is 2.55 bits per heavy atom. The van der Waals surface area contributed by atoms with Crippen LogP contribution in [0.4, 0.5) is 5.13 Å². The summed E-state index contributed by atoms with van der Waals surface area (Å²) in [5.74, 6) is -2.41. The molecule has 33 heavy (non-hydrogen) atoms. The lowest BCUT2D eigenvalue weighted by Gasteiger charge is -2.30. The number of primary amides is 1. The molecular weight excluding hydrogens is 462 g/mol. The van der Waals surface area contributed by atoms with Crippen molar-refractivity contribution in [3.63, 3.8) is 0 Å². The van der Waals surface area contributed by atoms with E-state index in [1.54, 1.807) is 5.38 Å². The SMILES string of the molecule is CC(C(N)=O)N(C(=O)C(Cc1ccccc1)CS(=O)(=O)N1CCCN(C)CC1)c1nccs1. The first-order valence-electron chi connectivity index (χ1n) is 10.9. The van der Waals surface area contributed by atoms with Crippen LogP contribution in [0.1, 0.15) is 18.9 Å². The molecule has 0 bridgehead atoms. The van der Waals surface area contributed by atoms with E-state index in [4.69, 9.17) is 5.73 Å². The van der Waals surface area contributed by atoms with Gasteiger partial charge in [-0.25, -0.2) is 17.7 Å². The fourth-order valence-corrected chi connectivity index (χ4v) is 6.36. The van der Waals surface area contributed by atoms with Crippen LogP contribution in [0.25, 0.3) is 0 Å². The summed E-state index contributed by atoms with van der Waals surface area (Å²) in [6.45, 7) is 3.80. The normalized spacial score (nSPS) is 17.8. The van der Waals surface area contributed by atoms with Crippen molar-refractivity contribution in [3.8, 4) is 0 Å². The third-order valence-electron chi connectivity index (χ3n) is 5.82. The molecule has 1 aromatic heterocycles. The number of rotatable bonds is 9.